The molecule has 4 nitrogen and oxygen atoms in total. The molecule has 1 aromatic rings. The fourth-order valence-electron chi connectivity index (χ4n) is 1.98. The number of primary amides is 1. The first-order valence-corrected chi connectivity index (χ1v) is 7.48. The Hall–Kier alpha value is -0.980. The molecule has 1 atom stereocenters. The topological polar surface area (TPSA) is 58.4 Å². The number of benzene rings is 1. The number of rotatable bonds is 8. The van der Waals surface area contributed by atoms with Crippen molar-refractivity contribution in [1.29, 1.82) is 0 Å². The van der Waals surface area contributed by atoms with Gasteiger partial charge in [0.05, 0.1) is 4.47 Å². The summed E-state index contributed by atoms with van der Waals surface area (Å²) in [5, 5.41) is 3.12. The lowest BCUT2D eigenvalue weighted by Crippen LogP contribution is -2.38. The van der Waals surface area contributed by atoms with Crippen LogP contribution < -0.4 is 11.1 Å². The van der Waals surface area contributed by atoms with Crippen LogP contribution in [0.25, 0.3) is 0 Å². The molecule has 1 unspecified atom stereocenters. The molecule has 0 aliphatic heterocycles. The molecule has 1 rings (SSSR count). The van der Waals surface area contributed by atoms with E-state index in [-0.39, 0.29) is 5.82 Å². The molecule has 0 saturated heterocycles. The highest BCUT2D eigenvalue weighted by Crippen LogP contribution is 2.21. The number of nitrogens with zero attached hydrogens (tertiary/aromatic N) is 1. The van der Waals surface area contributed by atoms with E-state index in [4.69, 9.17) is 5.73 Å². The second kappa shape index (κ2) is 8.34. The van der Waals surface area contributed by atoms with E-state index in [0.29, 0.717) is 16.6 Å². The number of nitrogens with one attached hydrogen (secondary N) is 1. The molecule has 3 N–H and O–H groups in total. The zero-order valence-corrected chi connectivity index (χ0v) is 13.4. The lowest BCUT2D eigenvalue weighted by atomic mass is 10.1. The van der Waals surface area contributed by atoms with Crippen molar-refractivity contribution in [3.63, 3.8) is 0 Å². The van der Waals surface area contributed by atoms with Gasteiger partial charge in [-0.2, -0.15) is 0 Å². The smallest absolute Gasteiger partial charge is 0.239 e. The van der Waals surface area contributed by atoms with E-state index in [1.54, 1.807) is 12.1 Å². The van der Waals surface area contributed by atoms with Crippen LogP contribution in [-0.2, 0) is 4.79 Å². The van der Waals surface area contributed by atoms with Crippen LogP contribution in [0, 0.1) is 5.82 Å². The van der Waals surface area contributed by atoms with Crippen molar-refractivity contribution in [3.05, 3.63) is 34.1 Å². The number of carbonyl (C=O) groups is 1. The van der Waals surface area contributed by atoms with Gasteiger partial charge >= 0.3 is 0 Å². The molecule has 0 saturated carbocycles. The third-order valence-electron chi connectivity index (χ3n) is 3.23. The maximum Gasteiger partial charge on any atom is 0.239 e. The molecule has 20 heavy (non-hydrogen) atoms. The number of hydrogen-bond acceptors (Lipinski definition) is 3. The number of hydrogen-bond donors (Lipinski definition) is 2. The molecule has 6 heteroatoms. The standard InChI is InChI=1S/C14H21BrFN3O/c1-3-19(4-2)8-7-18-13(14(17)20)10-5-6-12(16)11(15)9-10/h5-6,9,13,18H,3-4,7-8H2,1-2H3,(H2,17,20). The van der Waals surface area contributed by atoms with Crippen molar-refractivity contribution >= 4 is 21.8 Å². The van der Waals surface area contributed by atoms with Crippen molar-refractivity contribution in [1.82, 2.24) is 10.2 Å². The number of carbonyl (C=O) groups excluding carboxylic acids is 1. The van der Waals surface area contributed by atoms with Gasteiger partial charge in [0.15, 0.2) is 0 Å². The van der Waals surface area contributed by atoms with E-state index in [1.807, 2.05) is 0 Å². The van der Waals surface area contributed by atoms with Gasteiger partial charge in [0.2, 0.25) is 5.91 Å². The van der Waals surface area contributed by atoms with E-state index in [1.165, 1.54) is 6.07 Å². The first-order chi connectivity index (χ1) is 9.49. The molecule has 0 bridgehead atoms. The van der Waals surface area contributed by atoms with Gasteiger partial charge in [-0.05, 0) is 46.7 Å². The first-order valence-electron chi connectivity index (χ1n) is 6.69. The van der Waals surface area contributed by atoms with E-state index in [9.17, 15) is 9.18 Å². The van der Waals surface area contributed by atoms with E-state index in [0.717, 1.165) is 19.6 Å². The number of nitrogens with two attached hydrogens (primary N) is 1. The molecule has 112 valence electrons. The van der Waals surface area contributed by atoms with Crippen LogP contribution in [0.15, 0.2) is 22.7 Å². The fraction of sp³-hybridized carbons (Fsp3) is 0.500. The Morgan fingerprint density at radius 2 is 2.10 bits per heavy atom. The minimum atomic E-state index is -0.609. The molecule has 0 aromatic heterocycles. The molecule has 0 spiro atoms. The first kappa shape index (κ1) is 17.1. The molecule has 0 aliphatic carbocycles. The quantitative estimate of drug-likeness (QED) is 0.758. The maximum absolute atomic E-state index is 13.2. The maximum atomic E-state index is 13.2. The largest absolute Gasteiger partial charge is 0.368 e. The summed E-state index contributed by atoms with van der Waals surface area (Å²) in [5.41, 5.74) is 6.07. The Morgan fingerprint density at radius 3 is 2.60 bits per heavy atom. The van der Waals surface area contributed by atoms with Crippen molar-refractivity contribution in [2.75, 3.05) is 26.2 Å². The van der Waals surface area contributed by atoms with Crippen LogP contribution in [0.2, 0.25) is 0 Å². The van der Waals surface area contributed by atoms with Gasteiger partial charge in [-0.3, -0.25) is 4.79 Å². The van der Waals surface area contributed by atoms with Crippen LogP contribution in [0.5, 0.6) is 0 Å². The van der Waals surface area contributed by atoms with Gasteiger partial charge in [0, 0.05) is 13.1 Å². The molecule has 1 aromatic carbocycles. The predicted molar refractivity (Wildman–Crippen MR) is 81.8 cm³/mol. The van der Waals surface area contributed by atoms with Crippen molar-refractivity contribution < 1.29 is 9.18 Å². The third kappa shape index (κ3) is 4.85. The zero-order chi connectivity index (χ0) is 15.1. The Bertz CT molecular complexity index is 452. The minimum Gasteiger partial charge on any atom is -0.368 e. The van der Waals surface area contributed by atoms with Gasteiger partial charge in [0.25, 0.3) is 0 Å². The van der Waals surface area contributed by atoms with Crippen LogP contribution in [0.3, 0.4) is 0 Å². The highest BCUT2D eigenvalue weighted by atomic mass is 79.9. The molecule has 0 fully saturated rings. The van der Waals surface area contributed by atoms with E-state index < -0.39 is 11.9 Å². The summed E-state index contributed by atoms with van der Waals surface area (Å²) in [6.07, 6.45) is 0. The number of likely N-dealkylation sites (N-methyl/N-ethyl adjacent to an activating group) is 1. The zero-order valence-electron chi connectivity index (χ0n) is 11.8. The molecule has 0 heterocycles. The molecule has 0 radical (unpaired) electrons. The highest BCUT2D eigenvalue weighted by Gasteiger charge is 2.18. The summed E-state index contributed by atoms with van der Waals surface area (Å²) in [6, 6.07) is 3.86. The molecular weight excluding hydrogens is 325 g/mol. The summed E-state index contributed by atoms with van der Waals surface area (Å²) < 4.78 is 13.5. The second-order valence-electron chi connectivity index (χ2n) is 4.49. The van der Waals surface area contributed by atoms with Gasteiger partial charge in [-0.15, -0.1) is 0 Å². The minimum absolute atomic E-state index is 0.326. The fourth-order valence-corrected chi connectivity index (χ4v) is 2.38. The Morgan fingerprint density at radius 1 is 1.45 bits per heavy atom. The van der Waals surface area contributed by atoms with E-state index >= 15 is 0 Å². The number of halogens is 2. The van der Waals surface area contributed by atoms with Gasteiger partial charge in [0.1, 0.15) is 11.9 Å². The summed E-state index contributed by atoms with van der Waals surface area (Å²) in [6.45, 7) is 7.57. The average Bonchev–Trinajstić information content (AvgIpc) is 2.42. The average molecular weight is 346 g/mol. The van der Waals surface area contributed by atoms with Gasteiger partial charge < -0.3 is 16.0 Å². The predicted octanol–water partition coefficient (Wildman–Crippen LogP) is 2.05. The van der Waals surface area contributed by atoms with Crippen molar-refractivity contribution in [3.8, 4) is 0 Å². The van der Waals surface area contributed by atoms with Crippen molar-refractivity contribution in [2.45, 2.75) is 19.9 Å². The Labute approximate surface area is 127 Å². The van der Waals surface area contributed by atoms with Crippen LogP contribution in [0.1, 0.15) is 25.5 Å². The van der Waals surface area contributed by atoms with Crippen molar-refractivity contribution in [2.24, 2.45) is 5.73 Å². The lowest BCUT2D eigenvalue weighted by Gasteiger charge is -2.21. The van der Waals surface area contributed by atoms with Crippen LogP contribution >= 0.6 is 15.9 Å². The monoisotopic (exact) mass is 345 g/mol. The van der Waals surface area contributed by atoms with Gasteiger partial charge in [-0.25, -0.2) is 4.39 Å². The van der Waals surface area contributed by atoms with Gasteiger partial charge in [-0.1, -0.05) is 19.9 Å². The summed E-state index contributed by atoms with van der Waals surface area (Å²) in [5.74, 6) is -0.830. The summed E-state index contributed by atoms with van der Waals surface area (Å²) in [4.78, 5) is 13.8. The summed E-state index contributed by atoms with van der Waals surface area (Å²) in [7, 11) is 0. The van der Waals surface area contributed by atoms with E-state index in [2.05, 4.69) is 40.0 Å². The normalized spacial score (nSPS) is 12.7. The van der Waals surface area contributed by atoms with Crippen LogP contribution in [-0.4, -0.2) is 37.0 Å². The Kier molecular flexibility index (Phi) is 7.12. The third-order valence-corrected chi connectivity index (χ3v) is 3.84. The highest BCUT2D eigenvalue weighted by molar-refractivity contribution is 9.10. The number of amides is 1. The molecule has 0 aliphatic rings. The molecular formula is C14H21BrFN3O. The van der Waals surface area contributed by atoms with Crippen LogP contribution in [0.4, 0.5) is 4.39 Å². The Balaban J connectivity index is 2.69. The molecule has 1 amide bonds. The summed E-state index contributed by atoms with van der Waals surface area (Å²) >= 11 is 3.11. The lowest BCUT2D eigenvalue weighted by molar-refractivity contribution is -0.120. The second-order valence-corrected chi connectivity index (χ2v) is 5.34. The SMILES string of the molecule is CCN(CC)CCNC(C(N)=O)c1ccc(F)c(Br)c1.